The van der Waals surface area contributed by atoms with Crippen molar-refractivity contribution in [1.82, 2.24) is 4.98 Å². The number of aromatic nitrogens is 1. The summed E-state index contributed by atoms with van der Waals surface area (Å²) in [5.41, 5.74) is 11.5. The molecular formula is C19H14Cl2N4. The lowest BCUT2D eigenvalue weighted by Gasteiger charge is -2.16. The Hall–Kier alpha value is -2.40. The van der Waals surface area contributed by atoms with Crippen LogP contribution in [0.3, 0.4) is 0 Å². The van der Waals surface area contributed by atoms with Crippen molar-refractivity contribution in [3.8, 4) is 0 Å². The van der Waals surface area contributed by atoms with Crippen LogP contribution in [-0.2, 0) is 0 Å². The molecule has 0 fully saturated rings. The standard InChI is InChI=1S/C19H14Cl2N4/c20-13-8-16-17(9-14(13)21)25-19(12-5-1-2-6-15(12)24-16)18(22)11-4-3-7-23-10-11/h1-10,18,24H,22H2. The van der Waals surface area contributed by atoms with Gasteiger partial charge >= 0.3 is 0 Å². The number of benzene rings is 2. The molecule has 1 aliphatic heterocycles. The zero-order valence-electron chi connectivity index (χ0n) is 13.1. The summed E-state index contributed by atoms with van der Waals surface area (Å²) in [7, 11) is 0. The fourth-order valence-corrected chi connectivity index (χ4v) is 3.16. The Kier molecular flexibility index (Phi) is 4.17. The Labute approximate surface area is 155 Å². The fraction of sp³-hybridized carbons (Fsp3) is 0.0526. The van der Waals surface area contributed by atoms with E-state index >= 15 is 0 Å². The highest BCUT2D eigenvalue weighted by molar-refractivity contribution is 6.42. The third-order valence-electron chi connectivity index (χ3n) is 4.09. The molecule has 25 heavy (non-hydrogen) atoms. The lowest BCUT2D eigenvalue weighted by Crippen LogP contribution is -2.22. The lowest BCUT2D eigenvalue weighted by molar-refractivity contribution is 0.948. The van der Waals surface area contributed by atoms with Gasteiger partial charge in [0, 0.05) is 23.6 Å². The fourth-order valence-electron chi connectivity index (χ4n) is 2.83. The quantitative estimate of drug-likeness (QED) is 0.647. The van der Waals surface area contributed by atoms with E-state index in [9.17, 15) is 0 Å². The van der Waals surface area contributed by atoms with Crippen LogP contribution in [0.15, 0.2) is 65.9 Å². The number of nitrogens with one attached hydrogen (secondary N) is 1. The number of nitrogens with zero attached hydrogens (tertiary/aromatic N) is 2. The van der Waals surface area contributed by atoms with Gasteiger partial charge in [-0.15, -0.1) is 0 Å². The Morgan fingerprint density at radius 3 is 2.56 bits per heavy atom. The highest BCUT2D eigenvalue weighted by Crippen LogP contribution is 2.40. The molecule has 3 N–H and O–H groups in total. The van der Waals surface area contributed by atoms with Crippen molar-refractivity contribution in [3.63, 3.8) is 0 Å². The molecule has 4 rings (SSSR count). The van der Waals surface area contributed by atoms with Crippen LogP contribution < -0.4 is 11.1 Å². The zero-order valence-corrected chi connectivity index (χ0v) is 14.6. The van der Waals surface area contributed by atoms with Gasteiger partial charge in [0.1, 0.15) is 0 Å². The molecule has 3 aromatic rings. The molecule has 1 unspecified atom stereocenters. The van der Waals surface area contributed by atoms with E-state index < -0.39 is 6.04 Å². The molecule has 0 saturated carbocycles. The first-order chi connectivity index (χ1) is 12.1. The summed E-state index contributed by atoms with van der Waals surface area (Å²) >= 11 is 12.4. The van der Waals surface area contributed by atoms with E-state index in [0.29, 0.717) is 15.7 Å². The van der Waals surface area contributed by atoms with Crippen molar-refractivity contribution in [1.29, 1.82) is 0 Å². The van der Waals surface area contributed by atoms with Crippen LogP contribution in [0.4, 0.5) is 17.1 Å². The van der Waals surface area contributed by atoms with E-state index in [-0.39, 0.29) is 0 Å². The Balaban J connectivity index is 1.93. The summed E-state index contributed by atoms with van der Waals surface area (Å²) in [6.45, 7) is 0. The predicted octanol–water partition coefficient (Wildman–Crippen LogP) is 5.27. The molecular weight excluding hydrogens is 355 g/mol. The van der Waals surface area contributed by atoms with Crippen LogP contribution in [0, 0.1) is 0 Å². The topological polar surface area (TPSA) is 63.3 Å². The van der Waals surface area contributed by atoms with Gasteiger partial charge in [0.05, 0.1) is 33.2 Å². The van der Waals surface area contributed by atoms with Crippen LogP contribution in [0.25, 0.3) is 0 Å². The highest BCUT2D eigenvalue weighted by atomic mass is 35.5. The molecule has 2 heterocycles. The summed E-state index contributed by atoms with van der Waals surface area (Å²) in [4.78, 5) is 8.98. The van der Waals surface area contributed by atoms with Gasteiger partial charge in [-0.1, -0.05) is 47.5 Å². The van der Waals surface area contributed by atoms with E-state index in [0.717, 1.165) is 28.2 Å². The summed E-state index contributed by atoms with van der Waals surface area (Å²) in [6, 6.07) is 14.8. The number of aliphatic imine (C=N–C) groups is 1. The maximum absolute atomic E-state index is 6.52. The molecule has 0 saturated heterocycles. The molecule has 4 nitrogen and oxygen atoms in total. The normalized spacial score (nSPS) is 13.8. The summed E-state index contributed by atoms with van der Waals surface area (Å²) in [5.74, 6) is 0. The molecule has 1 atom stereocenters. The summed E-state index contributed by atoms with van der Waals surface area (Å²) < 4.78 is 0. The highest BCUT2D eigenvalue weighted by Gasteiger charge is 2.23. The molecule has 0 radical (unpaired) electrons. The van der Waals surface area contributed by atoms with Gasteiger partial charge in [-0.25, -0.2) is 4.99 Å². The predicted molar refractivity (Wildman–Crippen MR) is 104 cm³/mol. The van der Waals surface area contributed by atoms with Crippen molar-refractivity contribution in [2.45, 2.75) is 6.04 Å². The Morgan fingerprint density at radius 1 is 0.960 bits per heavy atom. The minimum absolute atomic E-state index is 0.419. The first-order valence-electron chi connectivity index (χ1n) is 7.73. The minimum atomic E-state index is -0.419. The number of rotatable bonds is 2. The maximum atomic E-state index is 6.52. The number of hydrogen-bond donors (Lipinski definition) is 2. The number of para-hydroxylation sites is 1. The van der Waals surface area contributed by atoms with Crippen LogP contribution in [-0.4, -0.2) is 10.7 Å². The van der Waals surface area contributed by atoms with Crippen LogP contribution in [0.5, 0.6) is 0 Å². The average molecular weight is 369 g/mol. The van der Waals surface area contributed by atoms with Crippen molar-refractivity contribution in [2.24, 2.45) is 10.7 Å². The van der Waals surface area contributed by atoms with E-state index in [4.69, 9.17) is 33.9 Å². The van der Waals surface area contributed by atoms with E-state index in [2.05, 4.69) is 10.3 Å². The molecule has 0 amide bonds. The Bertz CT molecular complexity index is 970. The van der Waals surface area contributed by atoms with Crippen molar-refractivity contribution < 1.29 is 0 Å². The van der Waals surface area contributed by atoms with Crippen molar-refractivity contribution >= 4 is 46.0 Å². The van der Waals surface area contributed by atoms with Crippen molar-refractivity contribution in [3.05, 3.63) is 82.1 Å². The smallest absolute Gasteiger partial charge is 0.0884 e. The lowest BCUT2D eigenvalue weighted by atomic mass is 9.97. The zero-order chi connectivity index (χ0) is 17.4. The molecule has 124 valence electrons. The second-order valence-corrected chi connectivity index (χ2v) is 6.53. The van der Waals surface area contributed by atoms with E-state index in [1.165, 1.54) is 0 Å². The van der Waals surface area contributed by atoms with Gasteiger partial charge < -0.3 is 11.1 Å². The van der Waals surface area contributed by atoms with Gasteiger partial charge in [-0.2, -0.15) is 0 Å². The number of hydrogen-bond acceptors (Lipinski definition) is 4. The molecule has 1 aromatic heterocycles. The van der Waals surface area contributed by atoms with Gasteiger partial charge in [-0.05, 0) is 29.8 Å². The average Bonchev–Trinajstić information content (AvgIpc) is 2.79. The molecule has 1 aliphatic rings. The van der Waals surface area contributed by atoms with Crippen LogP contribution >= 0.6 is 23.2 Å². The molecule has 0 aliphatic carbocycles. The third kappa shape index (κ3) is 3.00. The van der Waals surface area contributed by atoms with Gasteiger partial charge in [-0.3, -0.25) is 4.98 Å². The molecule has 2 aromatic carbocycles. The maximum Gasteiger partial charge on any atom is 0.0884 e. The van der Waals surface area contributed by atoms with Crippen molar-refractivity contribution in [2.75, 3.05) is 5.32 Å². The van der Waals surface area contributed by atoms with Gasteiger partial charge in [0.25, 0.3) is 0 Å². The van der Waals surface area contributed by atoms with Gasteiger partial charge in [0.2, 0.25) is 0 Å². The summed E-state index contributed by atoms with van der Waals surface area (Å²) in [6.07, 6.45) is 3.47. The van der Waals surface area contributed by atoms with Crippen LogP contribution in [0.1, 0.15) is 17.2 Å². The minimum Gasteiger partial charge on any atom is -0.353 e. The summed E-state index contributed by atoms with van der Waals surface area (Å²) in [5, 5.41) is 4.30. The number of nitrogens with two attached hydrogens (primary N) is 1. The number of fused-ring (bicyclic) bond motifs is 2. The number of anilines is 2. The number of pyridine rings is 1. The first kappa shape index (κ1) is 16.1. The molecule has 6 heteroatoms. The number of halogens is 2. The second-order valence-electron chi connectivity index (χ2n) is 5.72. The second kappa shape index (κ2) is 6.48. The SMILES string of the molecule is NC(C1=Nc2cc(Cl)c(Cl)cc2Nc2ccccc21)c1cccnc1. The van der Waals surface area contributed by atoms with E-state index in [1.807, 2.05) is 36.4 Å². The monoisotopic (exact) mass is 368 g/mol. The third-order valence-corrected chi connectivity index (χ3v) is 4.81. The Morgan fingerprint density at radius 2 is 1.76 bits per heavy atom. The molecule has 0 bridgehead atoms. The van der Waals surface area contributed by atoms with Crippen LogP contribution in [0.2, 0.25) is 10.0 Å². The molecule has 0 spiro atoms. The first-order valence-corrected chi connectivity index (χ1v) is 8.48. The van der Waals surface area contributed by atoms with E-state index in [1.54, 1.807) is 24.5 Å². The van der Waals surface area contributed by atoms with Gasteiger partial charge in [0.15, 0.2) is 0 Å². The largest absolute Gasteiger partial charge is 0.353 e.